The van der Waals surface area contributed by atoms with Gasteiger partial charge in [-0.25, -0.2) is 14.8 Å². The van der Waals surface area contributed by atoms with Gasteiger partial charge in [0.2, 0.25) is 5.89 Å². The molecule has 0 radical (unpaired) electrons. The normalized spacial score (nSPS) is 11.7. The van der Waals surface area contributed by atoms with Gasteiger partial charge in [-0.1, -0.05) is 32.1 Å². The smallest absolute Gasteiger partial charge is 0.413 e. The molecule has 1 N–H and O–H groups in total. The maximum atomic E-state index is 11.5. The lowest BCUT2D eigenvalue weighted by Gasteiger charge is -2.12. The molecule has 2 heterocycles. The molecule has 1 amide bonds. The number of thiazole rings is 1. The molecular formula is C15H21N3O3S2. The Hall–Kier alpha value is -1.54. The van der Waals surface area contributed by atoms with Crippen molar-refractivity contribution >= 4 is 34.3 Å². The van der Waals surface area contributed by atoms with Crippen molar-refractivity contribution in [2.45, 2.75) is 56.1 Å². The van der Waals surface area contributed by atoms with Crippen LogP contribution in [0.5, 0.6) is 0 Å². The van der Waals surface area contributed by atoms with Crippen LogP contribution in [0.15, 0.2) is 21.0 Å². The van der Waals surface area contributed by atoms with Gasteiger partial charge in [-0.3, -0.25) is 5.32 Å². The number of amides is 1. The Morgan fingerprint density at radius 2 is 2.13 bits per heavy atom. The van der Waals surface area contributed by atoms with E-state index in [2.05, 4.69) is 36.1 Å². The average Bonchev–Trinajstić information content (AvgIpc) is 3.03. The molecule has 0 aromatic carbocycles. The van der Waals surface area contributed by atoms with Gasteiger partial charge < -0.3 is 9.15 Å². The molecule has 23 heavy (non-hydrogen) atoms. The van der Waals surface area contributed by atoms with Gasteiger partial charge in [0.1, 0.15) is 5.76 Å². The van der Waals surface area contributed by atoms with Gasteiger partial charge in [0.15, 0.2) is 5.13 Å². The van der Waals surface area contributed by atoms with Crippen LogP contribution in [0.2, 0.25) is 0 Å². The van der Waals surface area contributed by atoms with E-state index in [-0.39, 0.29) is 11.5 Å². The number of thioether (sulfide) groups is 1. The van der Waals surface area contributed by atoms with E-state index >= 15 is 0 Å². The minimum Gasteiger partial charge on any atom is -0.447 e. The van der Waals surface area contributed by atoms with Gasteiger partial charge >= 0.3 is 6.09 Å². The van der Waals surface area contributed by atoms with Crippen molar-refractivity contribution in [3.05, 3.63) is 24.0 Å². The van der Waals surface area contributed by atoms with E-state index in [9.17, 15) is 4.79 Å². The fourth-order valence-corrected chi connectivity index (χ4v) is 3.28. The molecule has 0 aliphatic rings. The highest BCUT2D eigenvalue weighted by atomic mass is 32.2. The SMILES string of the molecule is CC(C)OC(=O)Nc1ncc(SCc2ncc(C(C)(C)C)o2)s1. The Balaban J connectivity index is 1.87. The summed E-state index contributed by atoms with van der Waals surface area (Å²) in [5.74, 6) is 2.17. The minimum atomic E-state index is -0.492. The molecule has 2 aromatic rings. The molecule has 126 valence electrons. The second-order valence-corrected chi connectivity index (χ2v) is 8.53. The maximum absolute atomic E-state index is 11.5. The Morgan fingerprint density at radius 1 is 1.39 bits per heavy atom. The Labute approximate surface area is 144 Å². The maximum Gasteiger partial charge on any atom is 0.413 e. The number of carbonyl (C=O) groups is 1. The summed E-state index contributed by atoms with van der Waals surface area (Å²) in [6.45, 7) is 9.85. The first-order valence-corrected chi connectivity index (χ1v) is 9.05. The van der Waals surface area contributed by atoms with Crippen molar-refractivity contribution in [3.63, 3.8) is 0 Å². The molecule has 2 rings (SSSR count). The van der Waals surface area contributed by atoms with Crippen molar-refractivity contribution in [3.8, 4) is 0 Å². The van der Waals surface area contributed by atoms with E-state index in [4.69, 9.17) is 9.15 Å². The van der Waals surface area contributed by atoms with Crippen LogP contribution >= 0.6 is 23.1 Å². The van der Waals surface area contributed by atoms with Crippen LogP contribution in [-0.4, -0.2) is 22.2 Å². The van der Waals surface area contributed by atoms with E-state index in [0.29, 0.717) is 16.8 Å². The van der Waals surface area contributed by atoms with E-state index in [0.717, 1.165) is 9.97 Å². The molecule has 0 saturated heterocycles. The summed E-state index contributed by atoms with van der Waals surface area (Å²) in [4.78, 5) is 20.0. The van der Waals surface area contributed by atoms with Crippen LogP contribution in [0.4, 0.5) is 9.93 Å². The summed E-state index contributed by atoms with van der Waals surface area (Å²) in [6, 6.07) is 0. The predicted molar refractivity (Wildman–Crippen MR) is 92.1 cm³/mol. The lowest BCUT2D eigenvalue weighted by molar-refractivity contribution is 0.130. The van der Waals surface area contributed by atoms with E-state index in [1.807, 2.05) is 0 Å². The number of hydrogen-bond acceptors (Lipinski definition) is 7. The third kappa shape index (κ3) is 5.54. The molecule has 8 heteroatoms. The summed E-state index contributed by atoms with van der Waals surface area (Å²) in [7, 11) is 0. The predicted octanol–water partition coefficient (Wildman–Crippen LogP) is 4.68. The van der Waals surface area contributed by atoms with Crippen LogP contribution in [0.1, 0.15) is 46.3 Å². The van der Waals surface area contributed by atoms with Gasteiger partial charge in [0.05, 0.1) is 28.5 Å². The summed E-state index contributed by atoms with van der Waals surface area (Å²) in [5, 5.41) is 3.12. The number of carbonyl (C=O) groups excluding carboxylic acids is 1. The highest BCUT2D eigenvalue weighted by Gasteiger charge is 2.19. The second-order valence-electron chi connectivity index (χ2n) is 6.22. The number of nitrogens with one attached hydrogen (secondary N) is 1. The number of oxazole rings is 1. The molecule has 0 unspecified atom stereocenters. The number of hydrogen-bond donors (Lipinski definition) is 1. The summed E-state index contributed by atoms with van der Waals surface area (Å²) in [6.07, 6.45) is 2.84. The van der Waals surface area contributed by atoms with Gasteiger partial charge in [-0.15, -0.1) is 11.8 Å². The van der Waals surface area contributed by atoms with Gasteiger partial charge in [-0.05, 0) is 13.8 Å². The van der Waals surface area contributed by atoms with Gasteiger partial charge in [-0.2, -0.15) is 0 Å². The monoisotopic (exact) mass is 355 g/mol. The lowest BCUT2D eigenvalue weighted by Crippen LogP contribution is -2.17. The molecule has 2 aromatic heterocycles. The standard InChI is InChI=1S/C15H21N3O3S2/c1-9(2)20-14(19)18-13-17-7-12(23-13)22-8-11-16-6-10(21-11)15(3,4)5/h6-7,9H,8H2,1-5H3,(H,17,18,19). The van der Waals surface area contributed by atoms with Crippen LogP contribution in [0.3, 0.4) is 0 Å². The summed E-state index contributed by atoms with van der Waals surface area (Å²) >= 11 is 2.96. The molecule has 0 spiro atoms. The largest absolute Gasteiger partial charge is 0.447 e. The first-order valence-electron chi connectivity index (χ1n) is 7.25. The second kappa shape index (κ2) is 7.35. The van der Waals surface area contributed by atoms with Crippen LogP contribution in [0, 0.1) is 0 Å². The van der Waals surface area contributed by atoms with Gasteiger partial charge in [0.25, 0.3) is 0 Å². The molecule has 0 atom stereocenters. The van der Waals surface area contributed by atoms with Crippen molar-refractivity contribution in [2.24, 2.45) is 0 Å². The number of nitrogens with zero attached hydrogens (tertiary/aromatic N) is 2. The zero-order chi connectivity index (χ0) is 17.0. The van der Waals surface area contributed by atoms with E-state index in [1.54, 1.807) is 38.0 Å². The number of ether oxygens (including phenoxy) is 1. The molecule has 0 saturated carbocycles. The molecule has 0 bridgehead atoms. The zero-order valence-electron chi connectivity index (χ0n) is 13.9. The minimum absolute atomic E-state index is 0.0474. The van der Waals surface area contributed by atoms with Crippen molar-refractivity contribution < 1.29 is 13.9 Å². The van der Waals surface area contributed by atoms with Gasteiger partial charge in [0, 0.05) is 5.41 Å². The van der Waals surface area contributed by atoms with Crippen LogP contribution < -0.4 is 5.32 Å². The van der Waals surface area contributed by atoms with Crippen LogP contribution in [0.25, 0.3) is 0 Å². The summed E-state index contributed by atoms with van der Waals surface area (Å²) < 4.78 is 11.7. The fourth-order valence-electron chi connectivity index (χ4n) is 1.57. The number of rotatable bonds is 5. The van der Waals surface area contributed by atoms with Crippen molar-refractivity contribution in [1.29, 1.82) is 0 Å². The first kappa shape index (κ1) is 17.8. The van der Waals surface area contributed by atoms with Crippen molar-refractivity contribution in [2.75, 3.05) is 5.32 Å². The Bertz CT molecular complexity index is 659. The third-order valence-corrected chi connectivity index (χ3v) is 4.76. The van der Waals surface area contributed by atoms with Crippen LogP contribution in [-0.2, 0) is 15.9 Å². The lowest BCUT2D eigenvalue weighted by atomic mass is 9.94. The number of anilines is 1. The van der Waals surface area contributed by atoms with Crippen molar-refractivity contribution in [1.82, 2.24) is 9.97 Å². The Morgan fingerprint density at radius 3 is 2.74 bits per heavy atom. The highest BCUT2D eigenvalue weighted by molar-refractivity contribution is 8.00. The van der Waals surface area contributed by atoms with E-state index < -0.39 is 6.09 Å². The number of aromatic nitrogens is 2. The zero-order valence-corrected chi connectivity index (χ0v) is 15.5. The molecule has 0 aliphatic heterocycles. The first-order chi connectivity index (χ1) is 10.7. The summed E-state index contributed by atoms with van der Waals surface area (Å²) in [5.41, 5.74) is -0.0474. The highest BCUT2D eigenvalue weighted by Crippen LogP contribution is 2.31. The quantitative estimate of drug-likeness (QED) is 0.785. The molecule has 6 nitrogen and oxygen atoms in total. The molecule has 0 fully saturated rings. The van der Waals surface area contributed by atoms with E-state index in [1.165, 1.54) is 11.3 Å². The molecule has 0 aliphatic carbocycles. The average molecular weight is 355 g/mol. The fraction of sp³-hybridized carbons (Fsp3) is 0.533. The molecular weight excluding hydrogens is 334 g/mol. The third-order valence-electron chi connectivity index (χ3n) is 2.67. The topological polar surface area (TPSA) is 77.2 Å². The Kier molecular flexibility index (Phi) is 5.69.